The molecule has 0 radical (unpaired) electrons. The van der Waals surface area contributed by atoms with Gasteiger partial charge in [0.15, 0.2) is 11.0 Å². The average Bonchev–Trinajstić information content (AvgIpc) is 2.97. The van der Waals surface area contributed by atoms with Crippen molar-refractivity contribution in [2.24, 2.45) is 0 Å². The molecule has 3 nitrogen and oxygen atoms in total. The highest BCUT2D eigenvalue weighted by molar-refractivity contribution is 7.98. The minimum Gasteiger partial charge on any atom is -0.298 e. The van der Waals surface area contributed by atoms with Gasteiger partial charge < -0.3 is 0 Å². The molecule has 0 saturated carbocycles. The zero-order valence-corrected chi connectivity index (χ0v) is 14.0. The van der Waals surface area contributed by atoms with Gasteiger partial charge >= 0.3 is 0 Å². The van der Waals surface area contributed by atoms with Crippen LogP contribution in [0.2, 0.25) is 0 Å². The van der Waals surface area contributed by atoms with Gasteiger partial charge in [-0.2, -0.15) is 0 Å². The second kappa shape index (κ2) is 7.29. The maximum atomic E-state index is 4.38. The summed E-state index contributed by atoms with van der Waals surface area (Å²) in [6, 6.07) is 18.7. The molecule has 0 unspecified atom stereocenters. The zero-order valence-electron chi connectivity index (χ0n) is 13.1. The molecule has 23 heavy (non-hydrogen) atoms. The number of thioether (sulfide) groups is 1. The van der Waals surface area contributed by atoms with E-state index in [4.69, 9.17) is 0 Å². The number of hydrogen-bond acceptors (Lipinski definition) is 3. The second-order valence-corrected chi connectivity index (χ2v) is 6.29. The van der Waals surface area contributed by atoms with Gasteiger partial charge in [0.05, 0.1) is 0 Å². The molecular weight excluding hydrogens is 302 g/mol. The maximum Gasteiger partial charge on any atom is 0.192 e. The van der Waals surface area contributed by atoms with E-state index in [1.807, 2.05) is 24.3 Å². The van der Waals surface area contributed by atoms with E-state index >= 15 is 0 Å². The van der Waals surface area contributed by atoms with Gasteiger partial charge in [-0.25, -0.2) is 0 Å². The Morgan fingerprint density at radius 1 is 1.09 bits per heavy atom. The minimum absolute atomic E-state index is 0.702. The van der Waals surface area contributed by atoms with Gasteiger partial charge in [-0.1, -0.05) is 78.0 Å². The normalized spacial score (nSPS) is 10.7. The summed E-state index contributed by atoms with van der Waals surface area (Å²) >= 11 is 1.71. The molecule has 0 spiro atoms. The third kappa shape index (κ3) is 3.71. The van der Waals surface area contributed by atoms with E-state index in [2.05, 4.69) is 64.7 Å². The molecule has 0 fully saturated rings. The van der Waals surface area contributed by atoms with Gasteiger partial charge in [0, 0.05) is 17.9 Å². The number of benzene rings is 2. The molecule has 0 aliphatic carbocycles. The van der Waals surface area contributed by atoms with Crippen molar-refractivity contribution in [3.63, 3.8) is 0 Å². The molecule has 1 aromatic heterocycles. The molecule has 2 aromatic carbocycles. The van der Waals surface area contributed by atoms with Crippen molar-refractivity contribution in [3.8, 4) is 11.4 Å². The van der Waals surface area contributed by atoms with E-state index in [1.54, 1.807) is 11.8 Å². The summed E-state index contributed by atoms with van der Waals surface area (Å²) in [6.45, 7) is 6.67. The standard InChI is InChI=1S/C19H19N3S/c1-3-12-22-18(17-10-5-4-6-11-17)20-21-19(22)23-14-16-9-7-8-15(2)13-16/h3-11,13H,1,12,14H2,2H3. The fraction of sp³-hybridized carbons (Fsp3) is 0.158. The molecule has 0 saturated heterocycles. The largest absolute Gasteiger partial charge is 0.298 e. The van der Waals surface area contributed by atoms with Crippen molar-refractivity contribution < 1.29 is 0 Å². The number of hydrogen-bond donors (Lipinski definition) is 0. The van der Waals surface area contributed by atoms with Gasteiger partial charge in [-0.15, -0.1) is 16.8 Å². The lowest BCUT2D eigenvalue weighted by atomic mass is 10.2. The van der Waals surface area contributed by atoms with E-state index in [-0.39, 0.29) is 0 Å². The maximum absolute atomic E-state index is 4.38. The van der Waals surface area contributed by atoms with E-state index < -0.39 is 0 Å². The van der Waals surface area contributed by atoms with Crippen LogP contribution in [0.5, 0.6) is 0 Å². The van der Waals surface area contributed by atoms with E-state index in [1.165, 1.54) is 11.1 Å². The van der Waals surface area contributed by atoms with Gasteiger partial charge in [-0.05, 0) is 12.5 Å². The van der Waals surface area contributed by atoms with Crippen LogP contribution in [0.4, 0.5) is 0 Å². The molecule has 0 aliphatic rings. The summed E-state index contributed by atoms with van der Waals surface area (Å²) < 4.78 is 2.11. The van der Waals surface area contributed by atoms with Crippen LogP contribution in [0.25, 0.3) is 11.4 Å². The van der Waals surface area contributed by atoms with Crippen molar-refractivity contribution >= 4 is 11.8 Å². The molecular formula is C19H19N3S. The highest BCUT2D eigenvalue weighted by atomic mass is 32.2. The van der Waals surface area contributed by atoms with Crippen LogP contribution in [0.1, 0.15) is 11.1 Å². The summed E-state index contributed by atoms with van der Waals surface area (Å²) in [4.78, 5) is 0. The minimum atomic E-state index is 0.702. The van der Waals surface area contributed by atoms with Crippen molar-refractivity contribution in [2.75, 3.05) is 0 Å². The van der Waals surface area contributed by atoms with E-state index in [0.717, 1.165) is 22.3 Å². The molecule has 3 rings (SSSR count). The summed E-state index contributed by atoms with van der Waals surface area (Å²) in [5.41, 5.74) is 3.65. The van der Waals surface area contributed by atoms with Gasteiger partial charge in [0.25, 0.3) is 0 Å². The van der Waals surface area contributed by atoms with Crippen LogP contribution in [-0.4, -0.2) is 14.8 Å². The van der Waals surface area contributed by atoms with Crippen molar-refractivity contribution in [1.29, 1.82) is 0 Å². The zero-order chi connectivity index (χ0) is 16.1. The second-order valence-electron chi connectivity index (χ2n) is 5.35. The summed E-state index contributed by atoms with van der Waals surface area (Å²) in [5, 5.41) is 9.68. The van der Waals surface area contributed by atoms with Crippen LogP contribution >= 0.6 is 11.8 Å². The lowest BCUT2D eigenvalue weighted by molar-refractivity contribution is 0.731. The number of aryl methyl sites for hydroxylation is 1. The van der Waals surface area contributed by atoms with Crippen LogP contribution in [0.3, 0.4) is 0 Å². The van der Waals surface area contributed by atoms with Gasteiger partial charge in [0.2, 0.25) is 0 Å². The highest BCUT2D eigenvalue weighted by Crippen LogP contribution is 2.26. The molecule has 3 aromatic rings. The number of nitrogens with zero attached hydrogens (tertiary/aromatic N) is 3. The predicted molar refractivity (Wildman–Crippen MR) is 96.4 cm³/mol. The van der Waals surface area contributed by atoms with Crippen molar-refractivity contribution in [3.05, 3.63) is 78.4 Å². The van der Waals surface area contributed by atoms with Crippen LogP contribution in [0.15, 0.2) is 72.4 Å². The highest BCUT2D eigenvalue weighted by Gasteiger charge is 2.13. The molecule has 4 heteroatoms. The van der Waals surface area contributed by atoms with Crippen molar-refractivity contribution in [1.82, 2.24) is 14.8 Å². The number of allylic oxidation sites excluding steroid dienone is 1. The van der Waals surface area contributed by atoms with Crippen LogP contribution in [-0.2, 0) is 12.3 Å². The Morgan fingerprint density at radius 3 is 2.65 bits per heavy atom. The molecule has 0 atom stereocenters. The lowest BCUT2D eigenvalue weighted by Gasteiger charge is -2.08. The number of rotatable bonds is 6. The topological polar surface area (TPSA) is 30.7 Å². The third-order valence-electron chi connectivity index (χ3n) is 3.51. The monoisotopic (exact) mass is 321 g/mol. The summed E-state index contributed by atoms with van der Waals surface area (Å²) in [6.07, 6.45) is 1.88. The van der Waals surface area contributed by atoms with E-state index in [9.17, 15) is 0 Å². The third-order valence-corrected chi connectivity index (χ3v) is 4.55. The average molecular weight is 321 g/mol. The quantitative estimate of drug-likeness (QED) is 0.485. The first-order valence-corrected chi connectivity index (χ1v) is 8.54. The Morgan fingerprint density at radius 2 is 1.91 bits per heavy atom. The summed E-state index contributed by atoms with van der Waals surface area (Å²) in [7, 11) is 0. The van der Waals surface area contributed by atoms with Crippen LogP contribution in [0, 0.1) is 6.92 Å². The first-order valence-electron chi connectivity index (χ1n) is 7.56. The fourth-order valence-electron chi connectivity index (χ4n) is 2.44. The first-order chi connectivity index (χ1) is 11.3. The fourth-order valence-corrected chi connectivity index (χ4v) is 3.33. The Labute approximate surface area is 141 Å². The SMILES string of the molecule is C=CCn1c(SCc2cccc(C)c2)nnc1-c1ccccc1. The van der Waals surface area contributed by atoms with Crippen molar-refractivity contribution in [2.45, 2.75) is 24.4 Å². The van der Waals surface area contributed by atoms with Gasteiger partial charge in [0.1, 0.15) is 0 Å². The Hall–Kier alpha value is -2.33. The lowest BCUT2D eigenvalue weighted by Crippen LogP contribution is -2.00. The van der Waals surface area contributed by atoms with Gasteiger partial charge in [-0.3, -0.25) is 4.57 Å². The first kappa shape index (κ1) is 15.6. The molecule has 116 valence electrons. The van der Waals surface area contributed by atoms with E-state index in [0.29, 0.717) is 6.54 Å². The smallest absolute Gasteiger partial charge is 0.192 e. The molecule has 0 aliphatic heterocycles. The summed E-state index contributed by atoms with van der Waals surface area (Å²) in [5.74, 6) is 1.77. The molecule has 0 bridgehead atoms. The Kier molecular flexibility index (Phi) is 4.93. The predicted octanol–water partition coefficient (Wildman–Crippen LogP) is 4.73. The van der Waals surface area contributed by atoms with Crippen LogP contribution < -0.4 is 0 Å². The molecule has 0 amide bonds. The Balaban J connectivity index is 1.85. The molecule has 0 N–H and O–H groups in total. The number of aromatic nitrogens is 3. The Bertz CT molecular complexity index is 793. The molecule has 1 heterocycles.